The van der Waals surface area contributed by atoms with Gasteiger partial charge < -0.3 is 19.3 Å². The smallest absolute Gasteiger partial charge is 0.263 e. The van der Waals surface area contributed by atoms with Crippen LogP contribution in [0.2, 0.25) is 5.02 Å². The number of hydrogen-bond donors (Lipinski definition) is 1. The van der Waals surface area contributed by atoms with Crippen molar-refractivity contribution in [2.45, 2.75) is 32.4 Å². The molecule has 1 N–H and O–H groups in total. The van der Waals surface area contributed by atoms with Gasteiger partial charge in [-0.15, -0.1) is 0 Å². The average molecular weight is 405 g/mol. The number of carbonyl (C=O) groups excluding carboxylic acids is 1. The molecule has 1 aliphatic rings. The summed E-state index contributed by atoms with van der Waals surface area (Å²) in [4.78, 5) is 27.9. The molecule has 0 bridgehead atoms. The van der Waals surface area contributed by atoms with Gasteiger partial charge in [-0.2, -0.15) is 0 Å². The minimum absolute atomic E-state index is 0.118. The van der Waals surface area contributed by atoms with Gasteiger partial charge in [-0.3, -0.25) is 9.59 Å². The maximum Gasteiger partial charge on any atom is 0.263 e. The van der Waals surface area contributed by atoms with Crippen molar-refractivity contribution in [1.82, 2.24) is 9.47 Å². The van der Waals surface area contributed by atoms with Crippen LogP contribution in [0.25, 0.3) is 0 Å². The average Bonchev–Trinajstić information content (AvgIpc) is 2.70. The van der Waals surface area contributed by atoms with Crippen LogP contribution < -0.4 is 5.56 Å². The van der Waals surface area contributed by atoms with Crippen LogP contribution in [0.3, 0.4) is 0 Å². The van der Waals surface area contributed by atoms with Crippen molar-refractivity contribution in [3.05, 3.63) is 68.1 Å². The standard InChI is InChI=1S/C21H25ClN2O4/c1-4-17-13(2)11-15(20(26)23(17)3)21(27)24-9-10-28-18(12-25)19(24)14-7-5-6-8-16(14)22/h5-8,11,18-19,25H,4,9-10,12H2,1-3H3/t18-,19-/m0/s1. The number of pyridine rings is 1. The number of aliphatic hydroxyl groups is 1. The first-order chi connectivity index (χ1) is 13.4. The van der Waals surface area contributed by atoms with Gasteiger partial charge in [0.2, 0.25) is 0 Å². The molecule has 2 atom stereocenters. The Kier molecular flexibility index (Phi) is 6.23. The Morgan fingerprint density at radius 3 is 2.71 bits per heavy atom. The second-order valence-electron chi connectivity index (χ2n) is 6.96. The zero-order valence-corrected chi connectivity index (χ0v) is 17.1. The van der Waals surface area contributed by atoms with Gasteiger partial charge in [0.15, 0.2) is 0 Å². The highest BCUT2D eigenvalue weighted by Gasteiger charge is 2.38. The SMILES string of the molecule is CCc1c(C)cc(C(=O)N2CCO[C@@H](CO)[C@@H]2c2ccccc2Cl)c(=O)n1C. The largest absolute Gasteiger partial charge is 0.394 e. The van der Waals surface area contributed by atoms with E-state index < -0.39 is 12.1 Å². The molecule has 0 spiro atoms. The van der Waals surface area contributed by atoms with Crippen molar-refractivity contribution in [2.75, 3.05) is 19.8 Å². The normalized spacial score (nSPS) is 19.7. The molecule has 0 aliphatic carbocycles. The van der Waals surface area contributed by atoms with E-state index in [4.69, 9.17) is 16.3 Å². The van der Waals surface area contributed by atoms with Crippen molar-refractivity contribution in [3.8, 4) is 0 Å². The van der Waals surface area contributed by atoms with E-state index in [1.807, 2.05) is 26.0 Å². The summed E-state index contributed by atoms with van der Waals surface area (Å²) in [7, 11) is 1.69. The molecule has 0 radical (unpaired) electrons. The molecule has 6 nitrogen and oxygen atoms in total. The van der Waals surface area contributed by atoms with Crippen LogP contribution in [-0.4, -0.2) is 46.3 Å². The first-order valence-corrected chi connectivity index (χ1v) is 9.75. The van der Waals surface area contributed by atoms with E-state index in [-0.39, 0.29) is 30.2 Å². The summed E-state index contributed by atoms with van der Waals surface area (Å²) >= 11 is 6.38. The summed E-state index contributed by atoms with van der Waals surface area (Å²) in [5, 5.41) is 10.3. The third kappa shape index (κ3) is 3.60. The Morgan fingerprint density at radius 1 is 1.36 bits per heavy atom. The highest BCUT2D eigenvalue weighted by atomic mass is 35.5. The molecule has 1 aromatic heterocycles. The Balaban J connectivity index is 2.09. The zero-order chi connectivity index (χ0) is 20.4. The van der Waals surface area contributed by atoms with Gasteiger partial charge in [0, 0.05) is 24.3 Å². The number of amides is 1. The summed E-state index contributed by atoms with van der Waals surface area (Å²) in [6.45, 7) is 4.21. The predicted molar refractivity (Wildman–Crippen MR) is 108 cm³/mol. The number of aryl methyl sites for hydroxylation is 1. The lowest BCUT2D eigenvalue weighted by molar-refractivity contribution is -0.0811. The lowest BCUT2D eigenvalue weighted by atomic mass is 9.97. The summed E-state index contributed by atoms with van der Waals surface area (Å²) < 4.78 is 7.23. The minimum atomic E-state index is -0.613. The summed E-state index contributed by atoms with van der Waals surface area (Å²) in [5.41, 5.74) is 2.29. The van der Waals surface area contributed by atoms with Crippen molar-refractivity contribution < 1.29 is 14.6 Å². The number of nitrogens with zero attached hydrogens (tertiary/aromatic N) is 2. The molecule has 1 aromatic carbocycles. The second-order valence-corrected chi connectivity index (χ2v) is 7.37. The first-order valence-electron chi connectivity index (χ1n) is 9.38. The monoisotopic (exact) mass is 404 g/mol. The first kappa shape index (κ1) is 20.6. The Hall–Kier alpha value is -2.15. The zero-order valence-electron chi connectivity index (χ0n) is 16.3. The molecule has 150 valence electrons. The highest BCUT2D eigenvalue weighted by molar-refractivity contribution is 6.31. The number of aromatic nitrogens is 1. The summed E-state index contributed by atoms with van der Waals surface area (Å²) in [5.74, 6) is -0.377. The van der Waals surface area contributed by atoms with Gasteiger partial charge in [0.25, 0.3) is 11.5 Å². The van der Waals surface area contributed by atoms with E-state index in [9.17, 15) is 14.7 Å². The van der Waals surface area contributed by atoms with Crippen LogP contribution >= 0.6 is 11.6 Å². The van der Waals surface area contributed by atoms with Crippen molar-refractivity contribution in [3.63, 3.8) is 0 Å². The molecule has 2 aromatic rings. The molecule has 1 amide bonds. The van der Waals surface area contributed by atoms with Gasteiger partial charge in [-0.25, -0.2) is 0 Å². The number of benzene rings is 1. The van der Waals surface area contributed by atoms with E-state index in [0.29, 0.717) is 23.6 Å². The van der Waals surface area contributed by atoms with Gasteiger partial charge in [0.1, 0.15) is 11.7 Å². The molecular weight excluding hydrogens is 380 g/mol. The topological polar surface area (TPSA) is 71.8 Å². The predicted octanol–water partition coefficient (Wildman–Crippen LogP) is 2.48. The van der Waals surface area contributed by atoms with Gasteiger partial charge in [0.05, 0.1) is 19.3 Å². The minimum Gasteiger partial charge on any atom is -0.394 e. The van der Waals surface area contributed by atoms with Crippen molar-refractivity contribution in [2.24, 2.45) is 7.05 Å². The fourth-order valence-corrected chi connectivity index (χ4v) is 4.20. The molecule has 1 saturated heterocycles. The van der Waals surface area contributed by atoms with Gasteiger partial charge in [-0.1, -0.05) is 36.7 Å². The number of rotatable bonds is 4. The van der Waals surface area contributed by atoms with Crippen LogP contribution in [0.1, 0.15) is 40.1 Å². The van der Waals surface area contributed by atoms with Gasteiger partial charge >= 0.3 is 0 Å². The fraction of sp³-hybridized carbons (Fsp3) is 0.429. The molecule has 3 rings (SSSR count). The lowest BCUT2D eigenvalue weighted by Crippen LogP contribution is -2.50. The molecule has 28 heavy (non-hydrogen) atoms. The molecule has 0 saturated carbocycles. The maximum atomic E-state index is 13.4. The van der Waals surface area contributed by atoms with Crippen LogP contribution in [0, 0.1) is 6.92 Å². The van der Waals surface area contributed by atoms with E-state index in [1.54, 1.807) is 30.1 Å². The molecular formula is C21H25ClN2O4. The highest BCUT2D eigenvalue weighted by Crippen LogP contribution is 2.34. The number of ether oxygens (including phenoxy) is 1. The number of halogens is 1. The number of aliphatic hydroxyl groups excluding tert-OH is 1. The van der Waals surface area contributed by atoms with Crippen LogP contribution in [-0.2, 0) is 18.2 Å². The third-order valence-corrected chi connectivity index (χ3v) is 5.68. The van der Waals surface area contributed by atoms with Crippen molar-refractivity contribution >= 4 is 17.5 Å². The molecule has 1 fully saturated rings. The number of carbonyl (C=O) groups is 1. The van der Waals surface area contributed by atoms with Gasteiger partial charge in [-0.05, 0) is 36.6 Å². The van der Waals surface area contributed by atoms with E-state index in [0.717, 1.165) is 11.3 Å². The van der Waals surface area contributed by atoms with Crippen LogP contribution in [0.4, 0.5) is 0 Å². The second kappa shape index (κ2) is 8.47. The summed E-state index contributed by atoms with van der Waals surface area (Å²) in [6, 6.07) is 8.27. The van der Waals surface area contributed by atoms with Crippen LogP contribution in [0.15, 0.2) is 35.1 Å². The number of hydrogen-bond acceptors (Lipinski definition) is 4. The molecule has 0 unspecified atom stereocenters. The number of morpholine rings is 1. The van der Waals surface area contributed by atoms with E-state index in [2.05, 4.69) is 0 Å². The Morgan fingerprint density at radius 2 is 2.07 bits per heavy atom. The quantitative estimate of drug-likeness (QED) is 0.849. The van der Waals surface area contributed by atoms with E-state index >= 15 is 0 Å². The third-order valence-electron chi connectivity index (χ3n) is 5.34. The Labute approximate surface area is 169 Å². The van der Waals surface area contributed by atoms with Crippen LogP contribution in [0.5, 0.6) is 0 Å². The molecule has 7 heteroatoms. The maximum absolute atomic E-state index is 13.4. The molecule has 1 aliphatic heterocycles. The molecule has 2 heterocycles. The lowest BCUT2D eigenvalue weighted by Gasteiger charge is -2.41. The van der Waals surface area contributed by atoms with Crippen molar-refractivity contribution in [1.29, 1.82) is 0 Å². The van der Waals surface area contributed by atoms with E-state index in [1.165, 1.54) is 4.57 Å². The summed E-state index contributed by atoms with van der Waals surface area (Å²) in [6.07, 6.45) is 0.0933. The fourth-order valence-electron chi connectivity index (χ4n) is 3.95. The Bertz CT molecular complexity index is 940.